The second-order valence-corrected chi connectivity index (χ2v) is 3.32. The van der Waals surface area contributed by atoms with Gasteiger partial charge in [-0.05, 0) is 0 Å². The van der Waals surface area contributed by atoms with Crippen molar-refractivity contribution < 1.29 is 44.7 Å². The van der Waals surface area contributed by atoms with E-state index in [2.05, 4.69) is 4.74 Å². The number of phenols is 3. The molecule has 0 aliphatic heterocycles. The van der Waals surface area contributed by atoms with Crippen LogP contribution in [0.3, 0.4) is 0 Å². The Morgan fingerprint density at radius 3 is 1.74 bits per heavy atom. The molecule has 0 aromatic heterocycles. The highest BCUT2D eigenvalue weighted by Crippen LogP contribution is 2.32. The van der Waals surface area contributed by atoms with E-state index in [1.807, 2.05) is 0 Å². The van der Waals surface area contributed by atoms with Crippen LogP contribution in [0.1, 0.15) is 10.4 Å². The van der Waals surface area contributed by atoms with Gasteiger partial charge in [-0.1, -0.05) is 0 Å². The van der Waals surface area contributed by atoms with E-state index >= 15 is 0 Å². The summed E-state index contributed by atoms with van der Waals surface area (Å²) in [6, 6.07) is 1.37. The van der Waals surface area contributed by atoms with Gasteiger partial charge in [0.1, 0.15) is 22.8 Å². The smallest absolute Gasteiger partial charge is 0.356 e. The molecular formula is C10H8O9. The van der Waals surface area contributed by atoms with E-state index < -0.39 is 46.8 Å². The van der Waals surface area contributed by atoms with Crippen molar-refractivity contribution >= 4 is 17.9 Å². The lowest BCUT2D eigenvalue weighted by Crippen LogP contribution is -2.34. The summed E-state index contributed by atoms with van der Waals surface area (Å²) in [6.07, 6.45) is -2.49. The molecule has 0 saturated heterocycles. The summed E-state index contributed by atoms with van der Waals surface area (Å²) < 4.78 is 4.12. The van der Waals surface area contributed by atoms with Gasteiger partial charge in [0.05, 0.1) is 0 Å². The number of aliphatic carboxylic acids is 2. The Morgan fingerprint density at radius 2 is 1.37 bits per heavy atom. The predicted molar refractivity (Wildman–Crippen MR) is 55.9 cm³/mol. The zero-order chi connectivity index (χ0) is 14.7. The van der Waals surface area contributed by atoms with Crippen molar-refractivity contribution in [3.05, 3.63) is 17.7 Å². The van der Waals surface area contributed by atoms with E-state index in [0.29, 0.717) is 12.1 Å². The number of benzene rings is 1. The molecule has 0 aliphatic carbocycles. The van der Waals surface area contributed by atoms with Gasteiger partial charge in [0.2, 0.25) is 0 Å². The molecule has 1 aromatic carbocycles. The Hall–Kier alpha value is -2.97. The van der Waals surface area contributed by atoms with E-state index in [9.17, 15) is 24.6 Å². The van der Waals surface area contributed by atoms with Crippen LogP contribution in [0.5, 0.6) is 17.2 Å². The van der Waals surface area contributed by atoms with Crippen molar-refractivity contribution in [3.8, 4) is 17.2 Å². The fourth-order valence-corrected chi connectivity index (χ4v) is 1.18. The van der Waals surface area contributed by atoms with E-state index in [1.165, 1.54) is 0 Å². The molecule has 0 bridgehead atoms. The Morgan fingerprint density at radius 1 is 0.947 bits per heavy atom. The standard InChI is InChI=1S/C10H8O9/c11-3-1-4(12)6(5(13)2-3)10(18)19-7(8(14)15)9(16)17/h1-2,7,11-13H,(H,14,15)(H,16,17). The molecule has 0 amide bonds. The van der Waals surface area contributed by atoms with Crippen LogP contribution in [0.4, 0.5) is 0 Å². The molecule has 0 fully saturated rings. The van der Waals surface area contributed by atoms with Crippen LogP contribution in [0.25, 0.3) is 0 Å². The van der Waals surface area contributed by atoms with E-state index in [4.69, 9.17) is 15.3 Å². The van der Waals surface area contributed by atoms with E-state index in [1.54, 1.807) is 0 Å². The van der Waals surface area contributed by atoms with Crippen molar-refractivity contribution in [2.45, 2.75) is 6.10 Å². The van der Waals surface area contributed by atoms with Crippen molar-refractivity contribution in [2.75, 3.05) is 0 Å². The van der Waals surface area contributed by atoms with E-state index in [-0.39, 0.29) is 0 Å². The SMILES string of the molecule is O=C(OC(C(=O)O)C(=O)O)c1c(O)cc(O)cc1O. The highest BCUT2D eigenvalue weighted by atomic mass is 16.6. The van der Waals surface area contributed by atoms with Gasteiger partial charge in [-0.15, -0.1) is 0 Å². The number of carbonyl (C=O) groups is 3. The largest absolute Gasteiger partial charge is 0.508 e. The summed E-state index contributed by atoms with van der Waals surface area (Å²) in [4.78, 5) is 32.5. The van der Waals surface area contributed by atoms with Crippen LogP contribution in [-0.2, 0) is 14.3 Å². The third-order valence-electron chi connectivity index (χ3n) is 1.96. The number of esters is 1. The lowest BCUT2D eigenvalue weighted by molar-refractivity contribution is -0.161. The molecular weight excluding hydrogens is 264 g/mol. The van der Waals surface area contributed by atoms with Crippen LogP contribution in [0.15, 0.2) is 12.1 Å². The number of carboxylic acids is 2. The summed E-state index contributed by atoms with van der Waals surface area (Å²) in [5.74, 6) is -7.77. The van der Waals surface area contributed by atoms with Crippen LogP contribution < -0.4 is 0 Å². The number of aromatic hydroxyl groups is 3. The van der Waals surface area contributed by atoms with Crippen LogP contribution in [0, 0.1) is 0 Å². The van der Waals surface area contributed by atoms with Gasteiger partial charge >= 0.3 is 17.9 Å². The summed E-state index contributed by atoms with van der Waals surface area (Å²) in [5.41, 5.74) is -0.856. The summed E-state index contributed by atoms with van der Waals surface area (Å²) in [5, 5.41) is 44.6. The third-order valence-corrected chi connectivity index (χ3v) is 1.96. The number of carbonyl (C=O) groups excluding carboxylic acids is 1. The first-order valence-electron chi connectivity index (χ1n) is 4.65. The summed E-state index contributed by atoms with van der Waals surface area (Å²) in [6.45, 7) is 0. The molecule has 0 spiro atoms. The summed E-state index contributed by atoms with van der Waals surface area (Å²) >= 11 is 0. The Balaban J connectivity index is 3.08. The zero-order valence-corrected chi connectivity index (χ0v) is 9.10. The molecule has 102 valence electrons. The van der Waals surface area contributed by atoms with Gasteiger partial charge in [0.15, 0.2) is 0 Å². The van der Waals surface area contributed by atoms with Crippen molar-refractivity contribution in [3.63, 3.8) is 0 Å². The number of phenolic OH excluding ortho intramolecular Hbond substituents is 3. The fourth-order valence-electron chi connectivity index (χ4n) is 1.18. The monoisotopic (exact) mass is 272 g/mol. The highest BCUT2D eigenvalue weighted by Gasteiger charge is 2.32. The molecule has 0 heterocycles. The fraction of sp³-hybridized carbons (Fsp3) is 0.100. The minimum Gasteiger partial charge on any atom is -0.508 e. The normalized spacial score (nSPS) is 10.2. The second kappa shape index (κ2) is 5.12. The number of carboxylic acid groups (broad SMARTS) is 2. The van der Waals surface area contributed by atoms with Gasteiger partial charge in [-0.3, -0.25) is 0 Å². The van der Waals surface area contributed by atoms with Crippen LogP contribution in [-0.4, -0.2) is 49.5 Å². The van der Waals surface area contributed by atoms with Crippen molar-refractivity contribution in [1.82, 2.24) is 0 Å². The van der Waals surface area contributed by atoms with Crippen molar-refractivity contribution in [1.29, 1.82) is 0 Å². The second-order valence-electron chi connectivity index (χ2n) is 3.32. The minimum atomic E-state index is -2.49. The van der Waals surface area contributed by atoms with Gasteiger partial charge < -0.3 is 30.3 Å². The van der Waals surface area contributed by atoms with Gasteiger partial charge in [-0.2, -0.15) is 0 Å². The quantitative estimate of drug-likeness (QED) is 0.359. The molecule has 0 aliphatic rings. The molecule has 1 aromatic rings. The molecule has 19 heavy (non-hydrogen) atoms. The maximum absolute atomic E-state index is 11.5. The number of hydrogen-bond donors (Lipinski definition) is 5. The molecule has 1 rings (SSSR count). The predicted octanol–water partition coefficient (Wildman–Crippen LogP) is -0.502. The minimum absolute atomic E-state index is 0.556. The average Bonchev–Trinajstić information content (AvgIpc) is 2.23. The molecule has 5 N–H and O–H groups in total. The Kier molecular flexibility index (Phi) is 3.80. The van der Waals surface area contributed by atoms with Crippen molar-refractivity contribution in [2.24, 2.45) is 0 Å². The molecule has 0 saturated carbocycles. The van der Waals surface area contributed by atoms with Gasteiger partial charge in [-0.25, -0.2) is 14.4 Å². The maximum atomic E-state index is 11.5. The molecule has 9 nitrogen and oxygen atoms in total. The van der Waals surface area contributed by atoms with E-state index in [0.717, 1.165) is 0 Å². The van der Waals surface area contributed by atoms with Crippen LogP contribution >= 0.6 is 0 Å². The van der Waals surface area contributed by atoms with Gasteiger partial charge in [0.25, 0.3) is 6.10 Å². The molecule has 0 radical (unpaired) electrons. The number of rotatable bonds is 4. The number of hydrogen-bond acceptors (Lipinski definition) is 7. The summed E-state index contributed by atoms with van der Waals surface area (Å²) in [7, 11) is 0. The lowest BCUT2D eigenvalue weighted by Gasteiger charge is -2.11. The topological polar surface area (TPSA) is 162 Å². The number of ether oxygens (including phenoxy) is 1. The highest BCUT2D eigenvalue weighted by molar-refractivity contribution is 6.02. The lowest BCUT2D eigenvalue weighted by atomic mass is 10.1. The first kappa shape index (κ1) is 14.1. The Labute approximate surface area is 104 Å². The third kappa shape index (κ3) is 3.03. The first-order chi connectivity index (χ1) is 8.73. The maximum Gasteiger partial charge on any atom is 0.356 e. The van der Waals surface area contributed by atoms with Crippen LogP contribution in [0.2, 0.25) is 0 Å². The zero-order valence-electron chi connectivity index (χ0n) is 9.10. The molecule has 0 atom stereocenters. The molecule has 9 heteroatoms. The van der Waals surface area contributed by atoms with Gasteiger partial charge in [0, 0.05) is 12.1 Å². The molecule has 0 unspecified atom stereocenters. The first-order valence-corrected chi connectivity index (χ1v) is 4.65. The average molecular weight is 272 g/mol. The Bertz CT molecular complexity index is 511.